The molecule has 1 atom stereocenters. The Hall–Kier alpha value is -1.36. The van der Waals surface area contributed by atoms with Gasteiger partial charge in [-0.3, -0.25) is 4.79 Å². The van der Waals surface area contributed by atoms with Crippen molar-refractivity contribution < 1.29 is 19.1 Å². The number of alkyl halides is 1. The Balaban J connectivity index is 3.14. The molecule has 1 aromatic rings. The minimum atomic E-state index is -0.422. The highest BCUT2D eigenvalue weighted by molar-refractivity contribution is 9.10. The topological polar surface area (TPSA) is 52.6 Å². The quantitative estimate of drug-likeness (QED) is 0.457. The van der Waals surface area contributed by atoms with Gasteiger partial charge in [-0.2, -0.15) is 0 Å². The molecule has 0 aliphatic rings. The molecule has 4 nitrogen and oxygen atoms in total. The Bertz CT molecular complexity index is 469. The second-order valence-electron chi connectivity index (χ2n) is 3.84. The molecule has 0 aromatic heterocycles. The lowest BCUT2D eigenvalue weighted by Crippen LogP contribution is -2.13. The number of rotatable bonds is 6. The molecule has 104 valence electrons. The first-order chi connectivity index (χ1) is 9.01. The van der Waals surface area contributed by atoms with Gasteiger partial charge in [0.1, 0.15) is 5.75 Å². The van der Waals surface area contributed by atoms with E-state index in [0.29, 0.717) is 30.1 Å². The Kier molecular flexibility index (Phi) is 6.02. The average molecular weight is 329 g/mol. The van der Waals surface area contributed by atoms with Gasteiger partial charge >= 0.3 is 5.97 Å². The molecule has 0 spiro atoms. The second-order valence-corrected chi connectivity index (χ2v) is 5.22. The van der Waals surface area contributed by atoms with Crippen LogP contribution in [0.3, 0.4) is 0 Å². The zero-order valence-electron chi connectivity index (χ0n) is 11.2. The number of halogens is 1. The van der Waals surface area contributed by atoms with Crippen molar-refractivity contribution in [3.8, 4) is 5.75 Å². The van der Waals surface area contributed by atoms with E-state index in [4.69, 9.17) is 9.47 Å². The first-order valence-corrected chi connectivity index (χ1v) is 7.05. The summed E-state index contributed by atoms with van der Waals surface area (Å²) in [5.74, 6) is -0.0995. The zero-order chi connectivity index (χ0) is 14.4. The summed E-state index contributed by atoms with van der Waals surface area (Å²) in [6.45, 7) is 6.04. The highest BCUT2D eigenvalue weighted by atomic mass is 79.9. The van der Waals surface area contributed by atoms with E-state index in [0.717, 1.165) is 0 Å². The molecule has 0 aliphatic heterocycles. The molecular formula is C14H17BrO4. The van der Waals surface area contributed by atoms with Crippen LogP contribution in [0.5, 0.6) is 5.75 Å². The fourth-order valence-electron chi connectivity index (χ4n) is 1.56. The van der Waals surface area contributed by atoms with Crippen LogP contribution in [0.25, 0.3) is 0 Å². The number of Topliss-reactive ketones (excluding diaryl/α,β-unsaturated/α-hetero) is 1. The lowest BCUT2D eigenvalue weighted by atomic mass is 10.0. The number of esters is 1. The molecule has 1 rings (SSSR count). The van der Waals surface area contributed by atoms with Crippen molar-refractivity contribution in [2.45, 2.75) is 25.6 Å². The van der Waals surface area contributed by atoms with E-state index < -0.39 is 5.97 Å². The minimum Gasteiger partial charge on any atom is -0.493 e. The molecule has 0 bridgehead atoms. The third-order valence-electron chi connectivity index (χ3n) is 2.42. The number of ketones is 1. The number of carbonyl (C=O) groups excluding carboxylic acids is 2. The summed E-state index contributed by atoms with van der Waals surface area (Å²) < 4.78 is 10.3. The maximum atomic E-state index is 12.0. The second kappa shape index (κ2) is 7.28. The summed E-state index contributed by atoms with van der Waals surface area (Å²) in [4.78, 5) is 23.3. The summed E-state index contributed by atoms with van der Waals surface area (Å²) in [6.07, 6.45) is 0. The largest absolute Gasteiger partial charge is 0.493 e. The molecule has 0 saturated carbocycles. The van der Waals surface area contributed by atoms with E-state index in [1.165, 1.54) is 0 Å². The lowest BCUT2D eigenvalue weighted by Gasteiger charge is -2.12. The van der Waals surface area contributed by atoms with Gasteiger partial charge in [-0.05, 0) is 39.0 Å². The normalized spacial score (nSPS) is 11.8. The molecule has 0 radical (unpaired) electrons. The molecular weight excluding hydrogens is 312 g/mol. The molecule has 1 aromatic carbocycles. The van der Waals surface area contributed by atoms with Gasteiger partial charge in [0, 0.05) is 0 Å². The van der Waals surface area contributed by atoms with Gasteiger partial charge in [-0.1, -0.05) is 15.9 Å². The van der Waals surface area contributed by atoms with Crippen LogP contribution in [0, 0.1) is 0 Å². The summed E-state index contributed by atoms with van der Waals surface area (Å²) in [6, 6.07) is 4.71. The van der Waals surface area contributed by atoms with E-state index in [1.807, 2.05) is 6.92 Å². The molecule has 0 N–H and O–H groups in total. The SMILES string of the molecule is CCOC(=O)c1ccc(C(=O)C(C)Br)c(OCC)c1. The highest BCUT2D eigenvalue weighted by Gasteiger charge is 2.19. The van der Waals surface area contributed by atoms with Crippen LogP contribution in [0.15, 0.2) is 18.2 Å². The number of ether oxygens (including phenoxy) is 2. The average Bonchev–Trinajstić information content (AvgIpc) is 2.38. The van der Waals surface area contributed by atoms with Crippen LogP contribution in [-0.4, -0.2) is 29.8 Å². The van der Waals surface area contributed by atoms with E-state index >= 15 is 0 Å². The predicted octanol–water partition coefficient (Wildman–Crippen LogP) is 3.23. The van der Waals surface area contributed by atoms with Crippen molar-refractivity contribution in [3.05, 3.63) is 29.3 Å². The van der Waals surface area contributed by atoms with Gasteiger partial charge < -0.3 is 9.47 Å². The van der Waals surface area contributed by atoms with Crippen LogP contribution >= 0.6 is 15.9 Å². The van der Waals surface area contributed by atoms with Gasteiger partial charge in [0.15, 0.2) is 5.78 Å². The van der Waals surface area contributed by atoms with Gasteiger partial charge in [-0.15, -0.1) is 0 Å². The van der Waals surface area contributed by atoms with Crippen LogP contribution in [0.4, 0.5) is 0 Å². The fourth-order valence-corrected chi connectivity index (χ4v) is 1.80. The summed E-state index contributed by atoms with van der Waals surface area (Å²) in [5, 5.41) is 0. The first-order valence-electron chi connectivity index (χ1n) is 6.13. The number of hydrogen-bond donors (Lipinski definition) is 0. The van der Waals surface area contributed by atoms with Gasteiger partial charge in [0.2, 0.25) is 0 Å². The summed E-state index contributed by atoms with van der Waals surface area (Å²) >= 11 is 3.24. The molecule has 0 aliphatic carbocycles. The minimum absolute atomic E-state index is 0.0844. The van der Waals surface area contributed by atoms with Crippen LogP contribution in [-0.2, 0) is 4.74 Å². The third-order valence-corrected chi connectivity index (χ3v) is 2.84. The molecule has 5 heteroatoms. The number of carbonyl (C=O) groups is 2. The number of benzene rings is 1. The van der Waals surface area contributed by atoms with E-state index in [1.54, 1.807) is 32.0 Å². The maximum absolute atomic E-state index is 12.0. The Labute approximate surface area is 121 Å². The van der Waals surface area contributed by atoms with E-state index in [-0.39, 0.29) is 10.6 Å². The van der Waals surface area contributed by atoms with Crippen molar-refractivity contribution >= 4 is 27.7 Å². The summed E-state index contributed by atoms with van der Waals surface area (Å²) in [7, 11) is 0. The van der Waals surface area contributed by atoms with Crippen molar-refractivity contribution in [1.29, 1.82) is 0 Å². The number of hydrogen-bond acceptors (Lipinski definition) is 4. The zero-order valence-corrected chi connectivity index (χ0v) is 12.8. The summed E-state index contributed by atoms with van der Waals surface area (Å²) in [5.41, 5.74) is 0.836. The monoisotopic (exact) mass is 328 g/mol. The third kappa shape index (κ3) is 4.06. The van der Waals surface area contributed by atoms with Crippen LogP contribution in [0.1, 0.15) is 41.5 Å². The molecule has 19 heavy (non-hydrogen) atoms. The van der Waals surface area contributed by atoms with Gasteiger partial charge in [0.05, 0.1) is 29.2 Å². The van der Waals surface area contributed by atoms with Crippen LogP contribution < -0.4 is 4.74 Å². The van der Waals surface area contributed by atoms with Crippen molar-refractivity contribution in [2.24, 2.45) is 0 Å². The van der Waals surface area contributed by atoms with Crippen molar-refractivity contribution in [3.63, 3.8) is 0 Å². The van der Waals surface area contributed by atoms with E-state index in [2.05, 4.69) is 15.9 Å². The van der Waals surface area contributed by atoms with Gasteiger partial charge in [-0.25, -0.2) is 4.79 Å². The smallest absolute Gasteiger partial charge is 0.338 e. The predicted molar refractivity (Wildman–Crippen MR) is 76.3 cm³/mol. The molecule has 0 saturated heterocycles. The van der Waals surface area contributed by atoms with Crippen molar-refractivity contribution in [1.82, 2.24) is 0 Å². The van der Waals surface area contributed by atoms with E-state index in [9.17, 15) is 9.59 Å². The van der Waals surface area contributed by atoms with Crippen molar-refractivity contribution in [2.75, 3.05) is 13.2 Å². The van der Waals surface area contributed by atoms with Crippen LogP contribution in [0.2, 0.25) is 0 Å². The molecule has 1 unspecified atom stereocenters. The lowest BCUT2D eigenvalue weighted by molar-refractivity contribution is 0.0525. The molecule has 0 amide bonds. The first kappa shape index (κ1) is 15.7. The standard InChI is InChI=1S/C14H17BrO4/c1-4-18-12-8-10(14(17)19-5-2)6-7-11(12)13(16)9(3)15/h6-9H,4-5H2,1-3H3. The Morgan fingerprint density at radius 1 is 1.26 bits per heavy atom. The molecule has 0 fully saturated rings. The fraction of sp³-hybridized carbons (Fsp3) is 0.429. The Morgan fingerprint density at radius 2 is 1.95 bits per heavy atom. The Morgan fingerprint density at radius 3 is 2.47 bits per heavy atom. The molecule has 0 heterocycles. The van der Waals surface area contributed by atoms with Gasteiger partial charge in [0.25, 0.3) is 0 Å². The maximum Gasteiger partial charge on any atom is 0.338 e. The highest BCUT2D eigenvalue weighted by Crippen LogP contribution is 2.24.